The molecule has 4 N–H and O–H groups in total. The Hall–Kier alpha value is -2.27. The van der Waals surface area contributed by atoms with E-state index in [2.05, 4.69) is 19.9 Å². The molecule has 0 saturated carbocycles. The minimum atomic E-state index is -1.08. The van der Waals surface area contributed by atoms with Gasteiger partial charge in [0, 0.05) is 17.6 Å². The molecule has 0 spiro atoms. The normalized spacial score (nSPS) is 25.3. The number of nitrogen functional groups attached to an aromatic ring is 1. The maximum atomic E-state index is 10.4. The number of anilines is 1. The van der Waals surface area contributed by atoms with Gasteiger partial charge in [-0.1, -0.05) is 6.07 Å². The van der Waals surface area contributed by atoms with Crippen LogP contribution in [-0.2, 0) is 11.2 Å². The molecule has 3 aromatic rings. The monoisotopic (exact) mass is 388 g/mol. The zero-order valence-electron chi connectivity index (χ0n) is 14.4. The van der Waals surface area contributed by atoms with Gasteiger partial charge in [-0.3, -0.25) is 9.55 Å². The molecule has 10 heteroatoms. The van der Waals surface area contributed by atoms with Gasteiger partial charge in [0.05, 0.1) is 12.4 Å². The molecule has 9 nitrogen and oxygen atoms in total. The highest BCUT2D eigenvalue weighted by Crippen LogP contribution is 2.33. The molecule has 1 aliphatic heterocycles. The van der Waals surface area contributed by atoms with Gasteiger partial charge in [-0.05, 0) is 24.3 Å². The van der Waals surface area contributed by atoms with Crippen molar-refractivity contribution >= 4 is 28.7 Å². The third-order valence-electron chi connectivity index (χ3n) is 4.51. The SMILES string of the molecule is Nc1ncnc2c1ncn2[C@@H]1O[C@H](CSCCc2ccccn2)[C@@H](O)[C@H]1O. The number of imidazole rings is 1. The summed E-state index contributed by atoms with van der Waals surface area (Å²) in [6.45, 7) is 0. The summed E-state index contributed by atoms with van der Waals surface area (Å²) < 4.78 is 7.50. The summed E-state index contributed by atoms with van der Waals surface area (Å²) >= 11 is 1.65. The number of nitrogens with two attached hydrogens (primary N) is 1. The fourth-order valence-corrected chi connectivity index (χ4v) is 4.10. The van der Waals surface area contributed by atoms with E-state index in [9.17, 15) is 10.2 Å². The number of ether oxygens (including phenoxy) is 1. The highest BCUT2D eigenvalue weighted by Gasteiger charge is 2.44. The number of aryl methyl sites for hydroxylation is 1. The van der Waals surface area contributed by atoms with Crippen LogP contribution in [0.2, 0.25) is 0 Å². The van der Waals surface area contributed by atoms with Gasteiger partial charge in [-0.15, -0.1) is 0 Å². The van der Waals surface area contributed by atoms with Gasteiger partial charge >= 0.3 is 0 Å². The van der Waals surface area contributed by atoms with E-state index in [0.29, 0.717) is 16.9 Å². The van der Waals surface area contributed by atoms with Crippen molar-refractivity contribution in [2.45, 2.75) is 31.0 Å². The predicted octanol–water partition coefficient (Wildman–Crippen LogP) is 0.399. The number of nitrogens with zero attached hydrogens (tertiary/aromatic N) is 5. The van der Waals surface area contributed by atoms with Gasteiger partial charge in [-0.2, -0.15) is 11.8 Å². The Kier molecular flexibility index (Phi) is 5.21. The van der Waals surface area contributed by atoms with Crippen LogP contribution in [-0.4, -0.2) is 64.5 Å². The van der Waals surface area contributed by atoms with Crippen molar-refractivity contribution in [3.63, 3.8) is 0 Å². The van der Waals surface area contributed by atoms with Crippen LogP contribution < -0.4 is 5.73 Å². The highest BCUT2D eigenvalue weighted by atomic mass is 32.2. The van der Waals surface area contributed by atoms with Crippen LogP contribution >= 0.6 is 11.8 Å². The summed E-state index contributed by atoms with van der Waals surface area (Å²) in [5.74, 6) is 1.67. The number of aliphatic hydroxyl groups excluding tert-OH is 2. The first-order valence-corrected chi connectivity index (χ1v) is 9.73. The van der Waals surface area contributed by atoms with Crippen LogP contribution in [0.3, 0.4) is 0 Å². The number of aliphatic hydroxyl groups is 2. The van der Waals surface area contributed by atoms with Crippen LogP contribution in [0.1, 0.15) is 11.9 Å². The molecule has 4 rings (SSSR count). The second kappa shape index (κ2) is 7.77. The molecule has 4 heterocycles. The van der Waals surface area contributed by atoms with Gasteiger partial charge in [0.15, 0.2) is 17.7 Å². The van der Waals surface area contributed by atoms with Crippen LogP contribution in [0, 0.1) is 0 Å². The Morgan fingerprint density at radius 2 is 2.04 bits per heavy atom. The third kappa shape index (κ3) is 3.61. The number of thioether (sulfide) groups is 1. The summed E-state index contributed by atoms with van der Waals surface area (Å²) in [5, 5.41) is 20.8. The molecule has 27 heavy (non-hydrogen) atoms. The lowest BCUT2D eigenvalue weighted by Crippen LogP contribution is -2.32. The molecule has 1 aliphatic rings. The summed E-state index contributed by atoms with van der Waals surface area (Å²) in [4.78, 5) is 16.5. The van der Waals surface area contributed by atoms with E-state index in [1.54, 1.807) is 22.5 Å². The van der Waals surface area contributed by atoms with Crippen molar-refractivity contribution in [2.24, 2.45) is 0 Å². The predicted molar refractivity (Wildman–Crippen MR) is 101 cm³/mol. The van der Waals surface area contributed by atoms with Crippen molar-refractivity contribution in [1.29, 1.82) is 0 Å². The zero-order valence-corrected chi connectivity index (χ0v) is 15.2. The quantitative estimate of drug-likeness (QED) is 0.513. The number of pyridine rings is 1. The van der Waals surface area contributed by atoms with Gasteiger partial charge in [0.1, 0.15) is 24.1 Å². The molecular formula is C17H20N6O3S. The fourth-order valence-electron chi connectivity index (χ4n) is 3.08. The molecule has 0 aromatic carbocycles. The second-order valence-corrected chi connectivity index (χ2v) is 7.43. The second-order valence-electron chi connectivity index (χ2n) is 6.28. The summed E-state index contributed by atoms with van der Waals surface area (Å²) in [7, 11) is 0. The fraction of sp³-hybridized carbons (Fsp3) is 0.412. The summed E-state index contributed by atoms with van der Waals surface area (Å²) in [6, 6.07) is 5.84. The third-order valence-corrected chi connectivity index (χ3v) is 5.57. The topological polar surface area (TPSA) is 132 Å². The molecule has 4 atom stereocenters. The Balaban J connectivity index is 1.39. The van der Waals surface area contributed by atoms with Crippen LogP contribution in [0.4, 0.5) is 5.82 Å². The molecule has 0 bridgehead atoms. The highest BCUT2D eigenvalue weighted by molar-refractivity contribution is 7.99. The van der Waals surface area contributed by atoms with Gasteiger partial charge in [0.2, 0.25) is 0 Å². The lowest BCUT2D eigenvalue weighted by atomic mass is 10.1. The minimum Gasteiger partial charge on any atom is -0.387 e. The first kappa shape index (κ1) is 18.1. The molecule has 0 aliphatic carbocycles. The molecule has 142 valence electrons. The van der Waals surface area contributed by atoms with Crippen molar-refractivity contribution in [3.8, 4) is 0 Å². The Bertz CT molecular complexity index is 908. The molecule has 0 radical (unpaired) electrons. The van der Waals surface area contributed by atoms with Crippen LogP contribution in [0.15, 0.2) is 37.1 Å². The standard InChI is InChI=1S/C17H20N6O3S/c18-15-12-16(21-8-20-15)23(9-22-12)17-14(25)13(24)11(26-17)7-27-6-4-10-3-1-2-5-19-10/h1-3,5,8-9,11,13-14,17,24-25H,4,6-7H2,(H2,18,20,21)/t11-,13-,14-,17-/m1/s1. The number of hydrogen-bond acceptors (Lipinski definition) is 9. The molecular weight excluding hydrogens is 368 g/mol. The number of fused-ring (bicyclic) bond motifs is 1. The molecule has 1 saturated heterocycles. The Labute approximate surface area is 159 Å². The van der Waals surface area contributed by atoms with E-state index < -0.39 is 24.5 Å². The lowest BCUT2D eigenvalue weighted by Gasteiger charge is -2.16. The van der Waals surface area contributed by atoms with E-state index in [1.165, 1.54) is 12.7 Å². The van der Waals surface area contributed by atoms with Gasteiger partial charge < -0.3 is 20.7 Å². The first-order valence-electron chi connectivity index (χ1n) is 8.57. The minimum absolute atomic E-state index is 0.258. The number of aromatic nitrogens is 5. The molecule has 0 amide bonds. The maximum absolute atomic E-state index is 10.4. The maximum Gasteiger partial charge on any atom is 0.167 e. The van der Waals surface area contributed by atoms with Crippen molar-refractivity contribution in [3.05, 3.63) is 42.7 Å². The van der Waals surface area contributed by atoms with E-state index >= 15 is 0 Å². The average molecular weight is 388 g/mol. The molecule has 3 aromatic heterocycles. The largest absolute Gasteiger partial charge is 0.387 e. The smallest absolute Gasteiger partial charge is 0.167 e. The van der Waals surface area contributed by atoms with Gasteiger partial charge in [-0.25, -0.2) is 15.0 Å². The Morgan fingerprint density at radius 1 is 1.15 bits per heavy atom. The van der Waals surface area contributed by atoms with E-state index in [4.69, 9.17) is 10.5 Å². The first-order chi connectivity index (χ1) is 13.1. The van der Waals surface area contributed by atoms with Crippen molar-refractivity contribution in [2.75, 3.05) is 17.2 Å². The average Bonchev–Trinajstić information content (AvgIpc) is 3.23. The van der Waals surface area contributed by atoms with E-state index in [-0.39, 0.29) is 5.82 Å². The summed E-state index contributed by atoms with van der Waals surface area (Å²) in [6.07, 6.45) is 2.09. The zero-order chi connectivity index (χ0) is 18.8. The molecule has 0 unspecified atom stereocenters. The van der Waals surface area contributed by atoms with Crippen LogP contribution in [0.5, 0.6) is 0 Å². The van der Waals surface area contributed by atoms with Crippen LogP contribution in [0.25, 0.3) is 11.2 Å². The van der Waals surface area contributed by atoms with Gasteiger partial charge in [0.25, 0.3) is 0 Å². The van der Waals surface area contributed by atoms with Crippen molar-refractivity contribution < 1.29 is 14.9 Å². The lowest BCUT2D eigenvalue weighted by molar-refractivity contribution is -0.0289. The van der Waals surface area contributed by atoms with E-state index in [0.717, 1.165) is 17.9 Å². The summed E-state index contributed by atoms with van der Waals surface area (Å²) in [5.41, 5.74) is 7.73. The Morgan fingerprint density at radius 3 is 2.85 bits per heavy atom. The molecule has 1 fully saturated rings. The number of hydrogen-bond donors (Lipinski definition) is 3. The van der Waals surface area contributed by atoms with Crippen molar-refractivity contribution in [1.82, 2.24) is 24.5 Å². The number of rotatable bonds is 6. The van der Waals surface area contributed by atoms with E-state index in [1.807, 2.05) is 18.2 Å².